The molecule has 0 unspecified atom stereocenters. The van der Waals surface area contributed by atoms with Crippen LogP contribution in [-0.4, -0.2) is 35.4 Å². The highest BCUT2D eigenvalue weighted by Gasteiger charge is 2.26. The largest absolute Gasteiger partial charge is 0.483 e. The van der Waals surface area contributed by atoms with Crippen LogP contribution in [0, 0.1) is 13.8 Å². The summed E-state index contributed by atoms with van der Waals surface area (Å²) in [5.74, 6) is 0.287. The number of nitrogens with one attached hydrogen (secondary N) is 1. The van der Waals surface area contributed by atoms with Crippen LogP contribution in [0.15, 0.2) is 48.5 Å². The highest BCUT2D eigenvalue weighted by Crippen LogP contribution is 2.19. The molecule has 0 aliphatic rings. The fraction of sp³-hybridized carbons (Fsp3) is 0.391. The van der Waals surface area contributed by atoms with Gasteiger partial charge in [0.25, 0.3) is 5.91 Å². The van der Waals surface area contributed by atoms with E-state index in [0.29, 0.717) is 12.3 Å². The Morgan fingerprint density at radius 3 is 2.36 bits per heavy atom. The van der Waals surface area contributed by atoms with E-state index in [0.717, 1.165) is 16.7 Å². The minimum Gasteiger partial charge on any atom is -0.483 e. The van der Waals surface area contributed by atoms with E-state index >= 15 is 0 Å². The maximum absolute atomic E-state index is 13.0. The molecule has 0 saturated carbocycles. The van der Waals surface area contributed by atoms with Gasteiger partial charge < -0.3 is 15.0 Å². The molecule has 2 aromatic carbocycles. The lowest BCUT2D eigenvalue weighted by Gasteiger charge is -2.29. The molecule has 2 rings (SSSR count). The van der Waals surface area contributed by atoms with Gasteiger partial charge in [-0.15, -0.1) is 0 Å². The molecule has 150 valence electrons. The van der Waals surface area contributed by atoms with E-state index in [-0.39, 0.29) is 24.5 Å². The Balaban J connectivity index is 2.15. The minimum atomic E-state index is -0.600. The second kappa shape index (κ2) is 9.93. The van der Waals surface area contributed by atoms with Gasteiger partial charge in [-0.05, 0) is 57.4 Å². The van der Waals surface area contributed by atoms with Gasteiger partial charge >= 0.3 is 0 Å². The van der Waals surface area contributed by atoms with Gasteiger partial charge in [-0.25, -0.2) is 0 Å². The van der Waals surface area contributed by atoms with Crippen molar-refractivity contribution in [1.82, 2.24) is 10.2 Å². The number of rotatable bonds is 8. The third-order valence-corrected chi connectivity index (χ3v) is 4.49. The summed E-state index contributed by atoms with van der Waals surface area (Å²) in [7, 11) is 0. The molecule has 5 heteroatoms. The molecule has 2 aromatic rings. The topological polar surface area (TPSA) is 58.6 Å². The van der Waals surface area contributed by atoms with Gasteiger partial charge in [-0.1, -0.05) is 42.5 Å². The van der Waals surface area contributed by atoms with Crippen molar-refractivity contribution in [3.8, 4) is 5.75 Å². The van der Waals surface area contributed by atoms with Crippen LogP contribution in [0.3, 0.4) is 0 Å². The first-order valence-corrected chi connectivity index (χ1v) is 9.61. The van der Waals surface area contributed by atoms with E-state index in [4.69, 9.17) is 4.74 Å². The second-order valence-electron chi connectivity index (χ2n) is 7.40. The third-order valence-electron chi connectivity index (χ3n) is 4.49. The van der Waals surface area contributed by atoms with Crippen LogP contribution in [-0.2, 0) is 16.1 Å². The molecule has 0 aromatic heterocycles. The van der Waals surface area contributed by atoms with Crippen LogP contribution in [0.5, 0.6) is 5.75 Å². The molecule has 28 heavy (non-hydrogen) atoms. The van der Waals surface area contributed by atoms with Gasteiger partial charge in [-0.2, -0.15) is 0 Å². The van der Waals surface area contributed by atoms with Crippen LogP contribution < -0.4 is 10.1 Å². The summed E-state index contributed by atoms with van der Waals surface area (Å²) < 4.78 is 5.79. The summed E-state index contributed by atoms with van der Waals surface area (Å²) in [4.78, 5) is 27.1. The monoisotopic (exact) mass is 382 g/mol. The van der Waals surface area contributed by atoms with Crippen LogP contribution in [0.25, 0.3) is 0 Å². The maximum Gasteiger partial charge on any atom is 0.261 e. The number of nitrogens with zero attached hydrogens (tertiary/aromatic N) is 1. The summed E-state index contributed by atoms with van der Waals surface area (Å²) in [6.07, 6.45) is 0. The molecule has 0 aliphatic heterocycles. The average molecular weight is 383 g/mol. The van der Waals surface area contributed by atoms with Gasteiger partial charge in [0.05, 0.1) is 0 Å². The van der Waals surface area contributed by atoms with Crippen LogP contribution in [0.1, 0.15) is 37.5 Å². The summed E-state index contributed by atoms with van der Waals surface area (Å²) in [5.41, 5.74) is 3.00. The lowest BCUT2D eigenvalue weighted by Crippen LogP contribution is -2.50. The normalized spacial score (nSPS) is 11.8. The zero-order valence-electron chi connectivity index (χ0n) is 17.4. The van der Waals surface area contributed by atoms with E-state index in [1.807, 2.05) is 76.2 Å². The number of carbonyl (C=O) groups excluding carboxylic acids is 2. The quantitative estimate of drug-likeness (QED) is 0.759. The maximum atomic E-state index is 13.0. The fourth-order valence-electron chi connectivity index (χ4n) is 2.85. The molecular weight excluding hydrogens is 352 g/mol. The molecular formula is C23H30N2O3. The van der Waals surface area contributed by atoms with Crippen molar-refractivity contribution in [2.75, 3.05) is 6.61 Å². The van der Waals surface area contributed by atoms with Crippen molar-refractivity contribution in [2.24, 2.45) is 0 Å². The van der Waals surface area contributed by atoms with Gasteiger partial charge in [-0.3, -0.25) is 9.59 Å². The van der Waals surface area contributed by atoms with Gasteiger partial charge in [0.15, 0.2) is 6.61 Å². The van der Waals surface area contributed by atoms with E-state index in [2.05, 4.69) is 5.32 Å². The predicted octanol–water partition coefficient (Wildman–Crippen LogP) is 3.62. The van der Waals surface area contributed by atoms with Crippen molar-refractivity contribution >= 4 is 11.8 Å². The number of carbonyl (C=O) groups is 2. The molecule has 0 heterocycles. The van der Waals surface area contributed by atoms with E-state index in [9.17, 15) is 9.59 Å². The number of hydrogen-bond acceptors (Lipinski definition) is 3. The van der Waals surface area contributed by atoms with E-state index < -0.39 is 6.04 Å². The second-order valence-corrected chi connectivity index (χ2v) is 7.40. The molecule has 0 saturated heterocycles. The first-order chi connectivity index (χ1) is 13.3. The Labute approximate surface area is 167 Å². The van der Waals surface area contributed by atoms with Crippen molar-refractivity contribution in [2.45, 2.75) is 53.2 Å². The standard InChI is InChI=1S/C23H30N2O3/c1-16(2)24-23(27)19(5)25(14-20-9-7-6-8-10-20)22(26)15-28-21-13-17(3)11-12-18(21)4/h6-13,16,19H,14-15H2,1-5H3,(H,24,27)/t19-/m1/s1. The molecule has 1 atom stereocenters. The highest BCUT2D eigenvalue weighted by molar-refractivity contribution is 5.88. The Morgan fingerprint density at radius 1 is 1.04 bits per heavy atom. The van der Waals surface area contributed by atoms with Crippen LogP contribution in [0.2, 0.25) is 0 Å². The third kappa shape index (κ3) is 6.12. The SMILES string of the molecule is Cc1ccc(C)c(OCC(=O)N(Cc2ccccc2)[C@H](C)C(=O)NC(C)C)c1. The average Bonchev–Trinajstić information content (AvgIpc) is 2.66. The number of ether oxygens (including phenoxy) is 1. The summed E-state index contributed by atoms with van der Waals surface area (Å²) >= 11 is 0. The number of amides is 2. The first kappa shape index (κ1) is 21.5. The van der Waals surface area contributed by atoms with Gasteiger partial charge in [0.1, 0.15) is 11.8 Å². The van der Waals surface area contributed by atoms with Crippen LogP contribution in [0.4, 0.5) is 0 Å². The Kier molecular flexibility index (Phi) is 7.61. The Bertz CT molecular complexity index is 803. The Morgan fingerprint density at radius 2 is 1.71 bits per heavy atom. The molecule has 2 amide bonds. The lowest BCUT2D eigenvalue weighted by atomic mass is 10.1. The first-order valence-electron chi connectivity index (χ1n) is 9.61. The van der Waals surface area contributed by atoms with Gasteiger partial charge in [0, 0.05) is 12.6 Å². The van der Waals surface area contributed by atoms with Crippen LogP contribution >= 0.6 is 0 Å². The fourth-order valence-corrected chi connectivity index (χ4v) is 2.85. The minimum absolute atomic E-state index is 0.00909. The Hall–Kier alpha value is -2.82. The summed E-state index contributed by atoms with van der Waals surface area (Å²) in [6.45, 7) is 9.71. The molecule has 5 nitrogen and oxygen atoms in total. The summed E-state index contributed by atoms with van der Waals surface area (Å²) in [6, 6.07) is 14.9. The van der Waals surface area contributed by atoms with Crippen molar-refractivity contribution in [3.63, 3.8) is 0 Å². The van der Waals surface area contributed by atoms with E-state index in [1.54, 1.807) is 11.8 Å². The number of aryl methyl sites for hydroxylation is 2. The number of benzene rings is 2. The van der Waals surface area contributed by atoms with Crippen molar-refractivity contribution in [3.05, 3.63) is 65.2 Å². The smallest absolute Gasteiger partial charge is 0.261 e. The number of hydrogen-bond donors (Lipinski definition) is 1. The summed E-state index contributed by atoms with van der Waals surface area (Å²) in [5, 5.41) is 2.88. The molecule has 0 radical (unpaired) electrons. The molecule has 0 spiro atoms. The van der Waals surface area contributed by atoms with Crippen molar-refractivity contribution in [1.29, 1.82) is 0 Å². The lowest BCUT2D eigenvalue weighted by molar-refractivity contribution is -0.142. The molecule has 0 aliphatic carbocycles. The zero-order valence-corrected chi connectivity index (χ0v) is 17.4. The van der Waals surface area contributed by atoms with Crippen molar-refractivity contribution < 1.29 is 14.3 Å². The highest BCUT2D eigenvalue weighted by atomic mass is 16.5. The van der Waals surface area contributed by atoms with Gasteiger partial charge in [0.2, 0.25) is 5.91 Å². The molecule has 0 bridgehead atoms. The molecule has 1 N–H and O–H groups in total. The van der Waals surface area contributed by atoms with E-state index in [1.165, 1.54) is 0 Å². The zero-order chi connectivity index (χ0) is 20.7. The predicted molar refractivity (Wildman–Crippen MR) is 111 cm³/mol. The molecule has 0 fully saturated rings.